The lowest BCUT2D eigenvalue weighted by molar-refractivity contribution is 0.0785. The van der Waals surface area contributed by atoms with Gasteiger partial charge in [-0.2, -0.15) is 0 Å². The predicted molar refractivity (Wildman–Crippen MR) is 73.4 cm³/mol. The second-order valence-electron chi connectivity index (χ2n) is 5.52. The number of benzene rings is 1. The number of fused-ring (bicyclic) bond motifs is 1. The van der Waals surface area contributed by atoms with Gasteiger partial charge in [-0.15, -0.1) is 0 Å². The first-order valence-electron chi connectivity index (χ1n) is 7.05. The molecule has 0 unspecified atom stereocenters. The Morgan fingerprint density at radius 3 is 3.00 bits per heavy atom. The van der Waals surface area contributed by atoms with Crippen LogP contribution in [0.25, 0.3) is 0 Å². The lowest BCUT2D eigenvalue weighted by Gasteiger charge is -2.24. The number of piperidine rings is 1. The van der Waals surface area contributed by atoms with Crippen molar-refractivity contribution < 1.29 is 13.9 Å². The van der Waals surface area contributed by atoms with E-state index in [0.717, 1.165) is 19.6 Å². The molecule has 5 heteroatoms. The molecule has 2 saturated heterocycles. The average Bonchev–Trinajstić information content (AvgIpc) is 2.90. The highest BCUT2D eigenvalue weighted by Crippen LogP contribution is 2.27. The van der Waals surface area contributed by atoms with Crippen molar-refractivity contribution in [3.05, 3.63) is 29.6 Å². The van der Waals surface area contributed by atoms with Crippen molar-refractivity contribution in [2.45, 2.75) is 18.9 Å². The average molecular weight is 278 g/mol. The molecular formula is C15H19FN2O2. The minimum atomic E-state index is -0.493. The van der Waals surface area contributed by atoms with E-state index < -0.39 is 5.82 Å². The van der Waals surface area contributed by atoms with Crippen LogP contribution in [0.3, 0.4) is 0 Å². The van der Waals surface area contributed by atoms with Gasteiger partial charge in [0.1, 0.15) is 0 Å². The molecule has 2 atom stereocenters. The summed E-state index contributed by atoms with van der Waals surface area (Å²) in [6, 6.07) is 4.79. The molecule has 0 aromatic heterocycles. The van der Waals surface area contributed by atoms with Gasteiger partial charge in [-0.05, 0) is 43.5 Å². The van der Waals surface area contributed by atoms with Gasteiger partial charge in [-0.25, -0.2) is 4.39 Å². The number of amides is 1. The number of methoxy groups -OCH3 is 1. The molecule has 1 aromatic carbocycles. The molecule has 1 amide bonds. The number of carbonyl (C=O) groups is 1. The zero-order chi connectivity index (χ0) is 14.1. The Kier molecular flexibility index (Phi) is 3.61. The number of carbonyl (C=O) groups excluding carboxylic acids is 1. The third-order valence-electron chi connectivity index (χ3n) is 4.29. The van der Waals surface area contributed by atoms with Crippen molar-refractivity contribution in [2.75, 3.05) is 26.7 Å². The van der Waals surface area contributed by atoms with Crippen LogP contribution in [-0.4, -0.2) is 43.6 Å². The quantitative estimate of drug-likeness (QED) is 0.894. The van der Waals surface area contributed by atoms with Crippen LogP contribution >= 0.6 is 0 Å². The number of nitrogens with zero attached hydrogens (tertiary/aromatic N) is 1. The first-order chi connectivity index (χ1) is 9.69. The zero-order valence-corrected chi connectivity index (χ0v) is 11.6. The van der Waals surface area contributed by atoms with Gasteiger partial charge in [0, 0.05) is 24.7 Å². The van der Waals surface area contributed by atoms with Crippen LogP contribution in [0.5, 0.6) is 5.75 Å². The van der Waals surface area contributed by atoms with Crippen LogP contribution in [0.1, 0.15) is 23.2 Å². The van der Waals surface area contributed by atoms with E-state index >= 15 is 0 Å². The maximum Gasteiger partial charge on any atom is 0.254 e. The van der Waals surface area contributed by atoms with Gasteiger partial charge in [0.25, 0.3) is 5.91 Å². The van der Waals surface area contributed by atoms with Crippen molar-refractivity contribution >= 4 is 5.91 Å². The molecule has 2 heterocycles. The van der Waals surface area contributed by atoms with Gasteiger partial charge in [-0.3, -0.25) is 4.79 Å². The molecule has 0 saturated carbocycles. The van der Waals surface area contributed by atoms with Crippen LogP contribution < -0.4 is 10.1 Å². The Bertz CT molecular complexity index is 507. The summed E-state index contributed by atoms with van der Waals surface area (Å²) >= 11 is 0. The van der Waals surface area contributed by atoms with E-state index in [1.54, 1.807) is 6.07 Å². The molecule has 0 bridgehead atoms. The van der Waals surface area contributed by atoms with E-state index in [9.17, 15) is 9.18 Å². The molecule has 0 radical (unpaired) electrons. The van der Waals surface area contributed by atoms with Gasteiger partial charge >= 0.3 is 0 Å². The van der Waals surface area contributed by atoms with Crippen molar-refractivity contribution in [2.24, 2.45) is 5.92 Å². The number of hydrogen-bond acceptors (Lipinski definition) is 3. The summed E-state index contributed by atoms with van der Waals surface area (Å²) in [7, 11) is 1.41. The predicted octanol–water partition coefficient (Wildman–Crippen LogP) is 1.66. The Hall–Kier alpha value is -1.62. The van der Waals surface area contributed by atoms with E-state index in [2.05, 4.69) is 5.32 Å². The van der Waals surface area contributed by atoms with Gasteiger partial charge in [-0.1, -0.05) is 0 Å². The first kappa shape index (κ1) is 13.4. The second-order valence-corrected chi connectivity index (χ2v) is 5.52. The molecule has 20 heavy (non-hydrogen) atoms. The Morgan fingerprint density at radius 1 is 1.45 bits per heavy atom. The zero-order valence-electron chi connectivity index (χ0n) is 11.6. The summed E-state index contributed by atoms with van der Waals surface area (Å²) in [5.41, 5.74) is 0.391. The van der Waals surface area contributed by atoms with Gasteiger partial charge in [0.15, 0.2) is 11.6 Å². The van der Waals surface area contributed by atoms with Crippen molar-refractivity contribution in [3.8, 4) is 5.75 Å². The maximum atomic E-state index is 13.7. The van der Waals surface area contributed by atoms with E-state index in [1.165, 1.54) is 32.1 Å². The van der Waals surface area contributed by atoms with Crippen LogP contribution in [0.4, 0.5) is 4.39 Å². The number of rotatable bonds is 2. The van der Waals surface area contributed by atoms with Crippen LogP contribution in [0.15, 0.2) is 18.2 Å². The Labute approximate surface area is 117 Å². The highest BCUT2D eigenvalue weighted by atomic mass is 19.1. The smallest absolute Gasteiger partial charge is 0.254 e. The lowest BCUT2D eigenvalue weighted by atomic mass is 9.94. The monoisotopic (exact) mass is 278 g/mol. The van der Waals surface area contributed by atoms with Crippen molar-refractivity contribution in [1.82, 2.24) is 10.2 Å². The molecular weight excluding hydrogens is 259 g/mol. The van der Waals surface area contributed by atoms with Crippen molar-refractivity contribution in [1.29, 1.82) is 0 Å². The minimum absolute atomic E-state index is 0.0947. The topological polar surface area (TPSA) is 41.6 Å². The van der Waals surface area contributed by atoms with Crippen molar-refractivity contribution in [3.63, 3.8) is 0 Å². The third-order valence-corrected chi connectivity index (χ3v) is 4.29. The summed E-state index contributed by atoms with van der Waals surface area (Å²) in [6.45, 7) is 2.52. The van der Waals surface area contributed by atoms with E-state index in [1.807, 2.05) is 4.90 Å². The largest absolute Gasteiger partial charge is 0.494 e. The third kappa shape index (κ3) is 2.38. The Balaban J connectivity index is 1.74. The fourth-order valence-electron chi connectivity index (χ4n) is 3.19. The standard InChI is InChI=1S/C15H19FN2O2/c1-20-14-5-4-10(7-12(14)16)15(19)18-8-11-3-2-6-17-13(11)9-18/h4-5,7,11,13,17H,2-3,6,8-9H2,1H3/t11-,13+/m0/s1. The van der Waals surface area contributed by atoms with E-state index in [0.29, 0.717) is 17.5 Å². The Morgan fingerprint density at radius 2 is 2.30 bits per heavy atom. The fraction of sp³-hybridized carbons (Fsp3) is 0.533. The summed E-state index contributed by atoms with van der Waals surface area (Å²) in [5.74, 6) is 0.116. The van der Waals surface area contributed by atoms with E-state index in [-0.39, 0.29) is 11.7 Å². The molecule has 2 fully saturated rings. The molecule has 2 aliphatic heterocycles. The second kappa shape index (κ2) is 5.40. The van der Waals surface area contributed by atoms with Crippen LogP contribution in [0, 0.1) is 11.7 Å². The highest BCUT2D eigenvalue weighted by Gasteiger charge is 2.36. The molecule has 2 aliphatic rings. The summed E-state index contributed by atoms with van der Waals surface area (Å²) < 4.78 is 18.6. The minimum Gasteiger partial charge on any atom is -0.494 e. The molecule has 108 valence electrons. The fourth-order valence-corrected chi connectivity index (χ4v) is 3.19. The number of nitrogens with one attached hydrogen (secondary N) is 1. The van der Waals surface area contributed by atoms with Gasteiger partial charge < -0.3 is 15.0 Å². The first-order valence-corrected chi connectivity index (χ1v) is 7.05. The summed E-state index contributed by atoms with van der Waals surface area (Å²) in [5, 5.41) is 3.46. The van der Waals surface area contributed by atoms with E-state index in [4.69, 9.17) is 4.74 Å². The number of halogens is 1. The lowest BCUT2D eigenvalue weighted by Crippen LogP contribution is -2.41. The molecule has 1 N–H and O–H groups in total. The number of hydrogen-bond donors (Lipinski definition) is 1. The summed E-state index contributed by atoms with van der Waals surface area (Å²) in [6.07, 6.45) is 2.33. The summed E-state index contributed by atoms with van der Waals surface area (Å²) in [4.78, 5) is 14.3. The normalized spacial score (nSPS) is 25.4. The highest BCUT2D eigenvalue weighted by molar-refractivity contribution is 5.94. The van der Waals surface area contributed by atoms with Gasteiger partial charge in [0.05, 0.1) is 7.11 Å². The van der Waals surface area contributed by atoms with Crippen LogP contribution in [0.2, 0.25) is 0 Å². The molecule has 4 nitrogen and oxygen atoms in total. The molecule has 3 rings (SSSR count). The number of ether oxygens (including phenoxy) is 1. The molecule has 0 aliphatic carbocycles. The molecule has 1 aromatic rings. The molecule has 0 spiro atoms. The maximum absolute atomic E-state index is 13.7. The van der Waals surface area contributed by atoms with Crippen LogP contribution in [-0.2, 0) is 0 Å². The number of likely N-dealkylation sites (tertiary alicyclic amines) is 1. The van der Waals surface area contributed by atoms with Gasteiger partial charge in [0.2, 0.25) is 0 Å². The SMILES string of the molecule is COc1ccc(C(=O)N2C[C@@H]3CCCN[C@@H]3C2)cc1F.